The second kappa shape index (κ2) is 8.39. The van der Waals surface area contributed by atoms with Gasteiger partial charge in [-0.05, 0) is 48.2 Å². The van der Waals surface area contributed by atoms with Crippen LogP contribution in [0.5, 0.6) is 5.75 Å². The van der Waals surface area contributed by atoms with E-state index in [1.54, 1.807) is 7.11 Å². The SMILES string of the molecule is COc1ccc(CNC(=O)[C@@H](C)Nc2ccc(C(C)C)cc2)cc1. The zero-order chi connectivity index (χ0) is 17.5. The predicted molar refractivity (Wildman–Crippen MR) is 98.5 cm³/mol. The van der Waals surface area contributed by atoms with Crippen molar-refractivity contribution in [3.8, 4) is 5.75 Å². The fraction of sp³-hybridized carbons (Fsp3) is 0.350. The Kier molecular flexibility index (Phi) is 6.24. The molecule has 4 heteroatoms. The molecule has 0 aliphatic carbocycles. The van der Waals surface area contributed by atoms with Crippen LogP contribution in [0.4, 0.5) is 5.69 Å². The van der Waals surface area contributed by atoms with Gasteiger partial charge < -0.3 is 15.4 Å². The molecule has 2 aromatic carbocycles. The normalized spacial score (nSPS) is 11.9. The van der Waals surface area contributed by atoms with Gasteiger partial charge in [0, 0.05) is 12.2 Å². The Bertz CT molecular complexity index is 648. The highest BCUT2D eigenvalue weighted by molar-refractivity contribution is 5.84. The molecule has 2 rings (SSSR count). The number of rotatable bonds is 7. The number of carbonyl (C=O) groups excluding carboxylic acids is 1. The molecule has 0 aromatic heterocycles. The van der Waals surface area contributed by atoms with Crippen LogP contribution < -0.4 is 15.4 Å². The minimum atomic E-state index is -0.298. The lowest BCUT2D eigenvalue weighted by atomic mass is 10.0. The molecule has 24 heavy (non-hydrogen) atoms. The van der Waals surface area contributed by atoms with E-state index in [9.17, 15) is 4.79 Å². The molecule has 1 amide bonds. The van der Waals surface area contributed by atoms with E-state index in [0.29, 0.717) is 12.5 Å². The molecule has 2 N–H and O–H groups in total. The number of hydrogen-bond acceptors (Lipinski definition) is 3. The smallest absolute Gasteiger partial charge is 0.242 e. The fourth-order valence-electron chi connectivity index (χ4n) is 2.37. The summed E-state index contributed by atoms with van der Waals surface area (Å²) >= 11 is 0. The van der Waals surface area contributed by atoms with Crippen molar-refractivity contribution in [1.29, 1.82) is 0 Å². The Morgan fingerprint density at radius 2 is 1.62 bits per heavy atom. The third kappa shape index (κ3) is 5.01. The summed E-state index contributed by atoms with van der Waals surface area (Å²) in [7, 11) is 1.64. The van der Waals surface area contributed by atoms with Gasteiger partial charge in [-0.1, -0.05) is 38.1 Å². The second-order valence-corrected chi connectivity index (χ2v) is 6.21. The number of carbonyl (C=O) groups is 1. The number of amides is 1. The molecule has 128 valence electrons. The molecule has 0 bridgehead atoms. The zero-order valence-electron chi connectivity index (χ0n) is 14.8. The summed E-state index contributed by atoms with van der Waals surface area (Å²) in [4.78, 5) is 12.2. The average Bonchev–Trinajstić information content (AvgIpc) is 2.60. The molecule has 0 fully saturated rings. The Morgan fingerprint density at radius 3 is 2.17 bits per heavy atom. The van der Waals surface area contributed by atoms with Crippen molar-refractivity contribution in [3.05, 3.63) is 59.7 Å². The van der Waals surface area contributed by atoms with E-state index in [2.05, 4.69) is 36.6 Å². The Morgan fingerprint density at radius 1 is 1.00 bits per heavy atom. The predicted octanol–water partition coefficient (Wildman–Crippen LogP) is 3.94. The lowest BCUT2D eigenvalue weighted by Crippen LogP contribution is -2.37. The number of benzene rings is 2. The van der Waals surface area contributed by atoms with Crippen molar-refractivity contribution in [1.82, 2.24) is 5.32 Å². The van der Waals surface area contributed by atoms with E-state index in [0.717, 1.165) is 17.0 Å². The molecular weight excluding hydrogens is 300 g/mol. The minimum Gasteiger partial charge on any atom is -0.497 e. The first-order valence-electron chi connectivity index (χ1n) is 8.26. The van der Waals surface area contributed by atoms with Crippen LogP contribution in [0.2, 0.25) is 0 Å². The first-order chi connectivity index (χ1) is 11.5. The van der Waals surface area contributed by atoms with Crippen molar-refractivity contribution >= 4 is 11.6 Å². The quantitative estimate of drug-likeness (QED) is 0.810. The van der Waals surface area contributed by atoms with Crippen molar-refractivity contribution in [2.75, 3.05) is 12.4 Å². The van der Waals surface area contributed by atoms with Crippen LogP contribution in [-0.2, 0) is 11.3 Å². The van der Waals surface area contributed by atoms with E-state index in [1.807, 2.05) is 43.3 Å². The van der Waals surface area contributed by atoms with Gasteiger partial charge in [-0.15, -0.1) is 0 Å². The van der Waals surface area contributed by atoms with Crippen LogP contribution in [0, 0.1) is 0 Å². The second-order valence-electron chi connectivity index (χ2n) is 6.21. The van der Waals surface area contributed by atoms with Crippen molar-refractivity contribution in [3.63, 3.8) is 0 Å². The van der Waals surface area contributed by atoms with Gasteiger partial charge in [-0.25, -0.2) is 0 Å². The summed E-state index contributed by atoms with van der Waals surface area (Å²) in [5.74, 6) is 1.29. The summed E-state index contributed by atoms with van der Waals surface area (Å²) in [6, 6.07) is 15.6. The monoisotopic (exact) mass is 326 g/mol. The van der Waals surface area contributed by atoms with Gasteiger partial charge >= 0.3 is 0 Å². The molecule has 0 saturated heterocycles. The molecule has 0 unspecified atom stereocenters. The van der Waals surface area contributed by atoms with Crippen molar-refractivity contribution < 1.29 is 9.53 Å². The van der Waals surface area contributed by atoms with Gasteiger partial charge in [-0.3, -0.25) is 4.79 Å². The molecule has 0 spiro atoms. The summed E-state index contributed by atoms with van der Waals surface area (Å²) in [6.45, 7) is 6.69. The summed E-state index contributed by atoms with van der Waals surface area (Å²) in [5.41, 5.74) is 3.28. The van der Waals surface area contributed by atoms with Gasteiger partial charge in [0.1, 0.15) is 11.8 Å². The molecule has 4 nitrogen and oxygen atoms in total. The van der Waals surface area contributed by atoms with Crippen LogP contribution in [0.15, 0.2) is 48.5 Å². The molecule has 0 radical (unpaired) electrons. The topological polar surface area (TPSA) is 50.4 Å². The first-order valence-corrected chi connectivity index (χ1v) is 8.26. The zero-order valence-corrected chi connectivity index (χ0v) is 14.8. The van der Waals surface area contributed by atoms with Crippen LogP contribution in [0.1, 0.15) is 37.8 Å². The third-order valence-electron chi connectivity index (χ3n) is 3.98. The Labute approximate surface area is 144 Å². The summed E-state index contributed by atoms with van der Waals surface area (Å²) in [5, 5.41) is 6.17. The highest BCUT2D eigenvalue weighted by Gasteiger charge is 2.12. The van der Waals surface area contributed by atoms with Gasteiger partial charge in [-0.2, -0.15) is 0 Å². The van der Waals surface area contributed by atoms with E-state index < -0.39 is 0 Å². The number of nitrogens with one attached hydrogen (secondary N) is 2. The maximum absolute atomic E-state index is 12.2. The maximum atomic E-state index is 12.2. The Hall–Kier alpha value is -2.49. The van der Waals surface area contributed by atoms with Crippen molar-refractivity contribution in [2.45, 2.75) is 39.3 Å². The molecule has 1 atom stereocenters. The highest BCUT2D eigenvalue weighted by atomic mass is 16.5. The van der Waals surface area contributed by atoms with E-state index in [4.69, 9.17) is 4.74 Å². The highest BCUT2D eigenvalue weighted by Crippen LogP contribution is 2.17. The maximum Gasteiger partial charge on any atom is 0.242 e. The van der Waals surface area contributed by atoms with Crippen LogP contribution in [-0.4, -0.2) is 19.1 Å². The van der Waals surface area contributed by atoms with Crippen LogP contribution in [0.3, 0.4) is 0 Å². The summed E-state index contributed by atoms with van der Waals surface area (Å²) in [6.07, 6.45) is 0. The lowest BCUT2D eigenvalue weighted by Gasteiger charge is -2.16. The fourth-order valence-corrected chi connectivity index (χ4v) is 2.37. The van der Waals surface area contributed by atoms with Gasteiger partial charge in [0.2, 0.25) is 5.91 Å². The number of methoxy groups -OCH3 is 1. The van der Waals surface area contributed by atoms with Gasteiger partial charge in [0.05, 0.1) is 7.11 Å². The number of anilines is 1. The summed E-state index contributed by atoms with van der Waals surface area (Å²) < 4.78 is 5.13. The third-order valence-corrected chi connectivity index (χ3v) is 3.98. The average molecular weight is 326 g/mol. The molecule has 0 aliphatic heterocycles. The number of ether oxygens (including phenoxy) is 1. The van der Waals surface area contributed by atoms with E-state index in [-0.39, 0.29) is 11.9 Å². The first kappa shape index (κ1) is 17.9. The molecule has 0 heterocycles. The largest absolute Gasteiger partial charge is 0.497 e. The molecular formula is C20H26N2O2. The van der Waals surface area contributed by atoms with Crippen LogP contribution in [0.25, 0.3) is 0 Å². The molecule has 0 saturated carbocycles. The van der Waals surface area contributed by atoms with E-state index >= 15 is 0 Å². The van der Waals surface area contributed by atoms with Crippen molar-refractivity contribution in [2.24, 2.45) is 0 Å². The van der Waals surface area contributed by atoms with Crippen LogP contribution >= 0.6 is 0 Å². The molecule has 2 aromatic rings. The van der Waals surface area contributed by atoms with Gasteiger partial charge in [0.15, 0.2) is 0 Å². The lowest BCUT2D eigenvalue weighted by molar-refractivity contribution is -0.121. The van der Waals surface area contributed by atoms with Gasteiger partial charge in [0.25, 0.3) is 0 Å². The van der Waals surface area contributed by atoms with E-state index in [1.165, 1.54) is 5.56 Å². The Balaban J connectivity index is 1.84. The standard InChI is InChI=1S/C20H26N2O2/c1-14(2)17-7-9-18(10-8-17)22-15(3)20(23)21-13-16-5-11-19(24-4)12-6-16/h5-12,14-15,22H,13H2,1-4H3,(H,21,23)/t15-/m1/s1. The molecule has 0 aliphatic rings. The number of hydrogen-bond donors (Lipinski definition) is 2. The minimum absolute atomic E-state index is 0.0289.